The van der Waals surface area contributed by atoms with E-state index in [1.165, 1.54) is 0 Å². The number of hydrogen-bond donors (Lipinski definition) is 0. The monoisotopic (exact) mass is 350 g/mol. The van der Waals surface area contributed by atoms with Crippen molar-refractivity contribution < 1.29 is 7.84 Å². The van der Waals surface area contributed by atoms with Crippen LogP contribution in [-0.4, -0.2) is 4.21 Å². The normalized spacial score (nSPS) is 14.3. The van der Waals surface area contributed by atoms with Gasteiger partial charge >= 0.3 is 0 Å². The predicted octanol–water partition coefficient (Wildman–Crippen LogP) is 2.01. The van der Waals surface area contributed by atoms with Crippen molar-refractivity contribution in [1.82, 2.24) is 0 Å². The average Bonchev–Trinajstić information content (AvgIpc) is 1.35. The molecular weight excluding hydrogens is 350 g/mol. The minimum Gasteiger partial charge on any atom is -0.217 e. The molecule has 0 bridgehead atoms. The van der Waals surface area contributed by atoms with Crippen LogP contribution in [0.3, 0.4) is 0 Å². The molecular formula is I2O2S2. The molecule has 38 valence electrons. The van der Waals surface area contributed by atoms with Gasteiger partial charge in [-0.05, 0) is 0 Å². The standard InChI is InChI=1S/I2O2S2/c1-5-4-6(2)3. The lowest BCUT2D eigenvalue weighted by Gasteiger charge is -1.80. The fourth-order valence-electron chi connectivity index (χ4n) is 0.0202. The molecule has 1 atom stereocenters. The Balaban J connectivity index is 2.83. The van der Waals surface area contributed by atoms with E-state index in [0.717, 1.165) is 9.21 Å². The van der Waals surface area contributed by atoms with E-state index >= 15 is 0 Å². The largest absolute Gasteiger partial charge is 0.232 e. The van der Waals surface area contributed by atoms with Crippen molar-refractivity contribution in [1.29, 1.82) is 0 Å². The molecule has 0 radical (unpaired) electrons. The second-order valence-corrected chi connectivity index (χ2v) is 4.62. The minimum absolute atomic E-state index is 1.07. The third-order valence-corrected chi connectivity index (χ3v) is 3.36. The van der Waals surface area contributed by atoms with Crippen molar-refractivity contribution in [3.63, 3.8) is 0 Å². The highest BCUT2D eigenvalue weighted by Gasteiger charge is 1.85. The minimum atomic E-state index is -1.14. The Morgan fingerprint density at radius 2 is 2.33 bits per heavy atom. The molecule has 0 heterocycles. The summed E-state index contributed by atoms with van der Waals surface area (Å²) in [5.41, 5.74) is 0. The van der Waals surface area contributed by atoms with Gasteiger partial charge in [-0.15, -0.1) is 0 Å². The SMILES string of the molecule is O=S(I)OSI. The molecule has 0 aliphatic heterocycles. The zero-order valence-corrected chi connectivity index (χ0v) is 8.34. The fourth-order valence-corrected chi connectivity index (χ4v) is 4.57. The third-order valence-electron chi connectivity index (χ3n) is 0.0792. The van der Waals surface area contributed by atoms with E-state index in [1.807, 2.05) is 21.2 Å². The van der Waals surface area contributed by atoms with Crippen LogP contribution in [-0.2, 0) is 11.9 Å². The number of rotatable bonds is 2. The Bertz CT molecular complexity index is 53.5. The summed E-state index contributed by atoms with van der Waals surface area (Å²) < 4.78 is 14.3. The summed E-state index contributed by atoms with van der Waals surface area (Å²) >= 11 is 3.57. The Labute approximate surface area is 66.8 Å². The lowest BCUT2D eigenvalue weighted by molar-refractivity contribution is 0.632. The van der Waals surface area contributed by atoms with Crippen molar-refractivity contribution in [2.45, 2.75) is 0 Å². The molecule has 0 rings (SSSR count). The van der Waals surface area contributed by atoms with Crippen LogP contribution in [0, 0.1) is 0 Å². The zero-order chi connectivity index (χ0) is 4.99. The van der Waals surface area contributed by atoms with Crippen molar-refractivity contribution in [3.05, 3.63) is 0 Å². The smallest absolute Gasteiger partial charge is 0.217 e. The molecule has 2 nitrogen and oxygen atoms in total. The van der Waals surface area contributed by atoms with Crippen LogP contribution >= 0.6 is 51.6 Å². The third kappa shape index (κ3) is 5.92. The van der Waals surface area contributed by atoms with Crippen LogP contribution in [0.1, 0.15) is 0 Å². The molecule has 0 aromatic heterocycles. The van der Waals surface area contributed by atoms with Crippen LogP contribution in [0.15, 0.2) is 0 Å². The van der Waals surface area contributed by atoms with Gasteiger partial charge in [0.1, 0.15) is 0 Å². The van der Waals surface area contributed by atoms with E-state index in [0.29, 0.717) is 0 Å². The van der Waals surface area contributed by atoms with E-state index in [-0.39, 0.29) is 0 Å². The first-order valence-electron chi connectivity index (χ1n) is 0.809. The zero-order valence-electron chi connectivity index (χ0n) is 2.39. The maximum Gasteiger partial charge on any atom is 0.232 e. The highest BCUT2D eigenvalue weighted by molar-refractivity contribution is 14.2. The lowest BCUT2D eigenvalue weighted by atomic mass is 15.9. The Kier molecular flexibility index (Phi) is 6.69. The second-order valence-electron chi connectivity index (χ2n) is 0.325. The molecule has 0 fully saturated rings. The first-order valence-corrected chi connectivity index (χ1v) is 7.71. The summed E-state index contributed by atoms with van der Waals surface area (Å²) in [6.07, 6.45) is 0. The second kappa shape index (κ2) is 5.06. The van der Waals surface area contributed by atoms with Gasteiger partial charge in [0.2, 0.25) is 8.25 Å². The van der Waals surface area contributed by atoms with Crippen LogP contribution in [0.4, 0.5) is 0 Å². The molecule has 0 aromatic rings. The molecule has 6 heteroatoms. The summed E-state index contributed by atoms with van der Waals surface area (Å²) in [6, 6.07) is 0. The molecule has 1 unspecified atom stereocenters. The molecule has 6 heavy (non-hydrogen) atoms. The van der Waals surface area contributed by atoms with Gasteiger partial charge in [0.25, 0.3) is 0 Å². The lowest BCUT2D eigenvalue weighted by Crippen LogP contribution is -1.68. The quantitative estimate of drug-likeness (QED) is 0.433. The number of halogens is 2. The maximum absolute atomic E-state index is 9.89. The maximum atomic E-state index is 9.89. The highest BCUT2D eigenvalue weighted by atomic mass is 127. The summed E-state index contributed by atoms with van der Waals surface area (Å²) in [5, 5.41) is 0. The molecule has 0 aliphatic carbocycles. The fraction of sp³-hybridized carbons (Fsp3) is 0. The van der Waals surface area contributed by atoms with E-state index < -0.39 is 8.25 Å². The van der Waals surface area contributed by atoms with Gasteiger partial charge in [0, 0.05) is 21.2 Å². The summed E-state index contributed by atoms with van der Waals surface area (Å²) in [7, 11) is -0.0681. The van der Waals surface area contributed by atoms with E-state index in [9.17, 15) is 4.21 Å². The van der Waals surface area contributed by atoms with E-state index in [1.54, 1.807) is 21.2 Å². The molecule has 0 saturated carbocycles. The van der Waals surface area contributed by atoms with Gasteiger partial charge in [-0.2, -0.15) is 3.63 Å². The van der Waals surface area contributed by atoms with Gasteiger partial charge in [-0.25, -0.2) is 4.21 Å². The summed E-state index contributed by atoms with van der Waals surface area (Å²) in [6.45, 7) is 0. The van der Waals surface area contributed by atoms with Crippen LogP contribution in [0.5, 0.6) is 0 Å². The van der Waals surface area contributed by atoms with Gasteiger partial charge in [-0.3, -0.25) is 0 Å². The van der Waals surface area contributed by atoms with Crippen LogP contribution < -0.4 is 0 Å². The summed E-state index contributed by atoms with van der Waals surface area (Å²) in [5.74, 6) is 0. The average molecular weight is 350 g/mol. The highest BCUT2D eigenvalue weighted by Crippen LogP contribution is 2.16. The van der Waals surface area contributed by atoms with E-state index in [4.69, 9.17) is 0 Å². The molecule has 0 aromatic carbocycles. The molecule has 0 aliphatic rings. The van der Waals surface area contributed by atoms with Crippen molar-refractivity contribution in [3.8, 4) is 0 Å². The topological polar surface area (TPSA) is 26.3 Å². The van der Waals surface area contributed by atoms with Gasteiger partial charge in [-0.1, -0.05) is 0 Å². The van der Waals surface area contributed by atoms with Gasteiger partial charge in [0.15, 0.2) is 0 Å². The molecule has 0 amide bonds. The first-order chi connectivity index (χ1) is 2.77. The van der Waals surface area contributed by atoms with Crippen LogP contribution in [0.25, 0.3) is 0 Å². The molecule has 0 saturated heterocycles. The molecule has 0 N–H and O–H groups in total. The van der Waals surface area contributed by atoms with Crippen LogP contribution in [0.2, 0.25) is 0 Å². The Morgan fingerprint density at radius 3 is 2.33 bits per heavy atom. The van der Waals surface area contributed by atoms with Gasteiger partial charge < -0.3 is 0 Å². The van der Waals surface area contributed by atoms with E-state index in [2.05, 4.69) is 3.63 Å². The van der Waals surface area contributed by atoms with Crippen molar-refractivity contribution >= 4 is 59.9 Å². The first kappa shape index (κ1) is 7.92. The molecule has 0 spiro atoms. The Morgan fingerprint density at radius 1 is 1.83 bits per heavy atom. The number of hydrogen-bond acceptors (Lipinski definition) is 3. The predicted molar refractivity (Wildman–Crippen MR) is 44.9 cm³/mol. The van der Waals surface area contributed by atoms with Crippen molar-refractivity contribution in [2.24, 2.45) is 0 Å². The van der Waals surface area contributed by atoms with Gasteiger partial charge in [0.05, 0.1) is 30.4 Å². The summed E-state index contributed by atoms with van der Waals surface area (Å²) in [4.78, 5) is 0. The van der Waals surface area contributed by atoms with Crippen molar-refractivity contribution in [2.75, 3.05) is 0 Å². The Hall–Kier alpha value is 1.92.